The highest BCUT2D eigenvalue weighted by Gasteiger charge is 2.58. The van der Waals surface area contributed by atoms with E-state index in [0.29, 0.717) is 17.5 Å². The van der Waals surface area contributed by atoms with Gasteiger partial charge in [0.1, 0.15) is 11.2 Å². The molecule has 0 N–H and O–H groups in total. The van der Waals surface area contributed by atoms with E-state index in [1.54, 1.807) is 0 Å². The molecule has 2 aromatic heterocycles. The first kappa shape index (κ1) is 28.4. The fourth-order valence-corrected chi connectivity index (χ4v) is 10.3. The Bertz CT molecular complexity index is 2310. The summed E-state index contributed by atoms with van der Waals surface area (Å²) < 4.78 is 7.39. The Labute approximate surface area is 288 Å². The molecule has 7 aromatic rings. The molecule has 0 spiro atoms. The van der Waals surface area contributed by atoms with Crippen LogP contribution in [-0.4, -0.2) is 15.0 Å². The molecule has 4 fully saturated rings. The van der Waals surface area contributed by atoms with Crippen LogP contribution in [0.15, 0.2) is 130 Å². The number of para-hydroxylation sites is 1. The van der Waals surface area contributed by atoms with Crippen molar-refractivity contribution >= 4 is 37.9 Å². The molecule has 4 bridgehead atoms. The van der Waals surface area contributed by atoms with Crippen LogP contribution in [0.5, 0.6) is 0 Å². The van der Waals surface area contributed by atoms with Crippen molar-refractivity contribution in [3.05, 3.63) is 137 Å². The maximum absolute atomic E-state index is 6.23. The number of fused-ring (bicyclic) bond motifs is 3. The van der Waals surface area contributed by atoms with Crippen molar-refractivity contribution < 1.29 is 4.42 Å². The topological polar surface area (TPSA) is 51.8 Å². The summed E-state index contributed by atoms with van der Waals surface area (Å²) in [5.41, 5.74) is 8.15. The standard InChI is InChI=1S/C43H34BrN3O/c44-33-19-17-32(18-20-33)43-24-27-21-28(25-43)23-42(22-27,26-43)31-15-13-30(14-16-31)40-45-39(29-7-2-1-3-8-29)46-41(47-40)35-10-6-12-37-38(35)34-9-4-5-11-36(34)48-37/h1-20,27-28H,21-26H2. The van der Waals surface area contributed by atoms with Gasteiger partial charge in [0.2, 0.25) is 0 Å². The number of hydrogen-bond acceptors (Lipinski definition) is 4. The molecule has 5 aromatic carbocycles. The van der Waals surface area contributed by atoms with Crippen LogP contribution in [0.1, 0.15) is 49.7 Å². The lowest BCUT2D eigenvalue weighted by molar-refractivity contribution is -0.0281. The Hall–Kier alpha value is -4.61. The Balaban J connectivity index is 1.07. The highest BCUT2D eigenvalue weighted by atomic mass is 79.9. The van der Waals surface area contributed by atoms with Gasteiger partial charge in [-0.05, 0) is 96.6 Å². The van der Waals surface area contributed by atoms with Crippen LogP contribution in [0.2, 0.25) is 0 Å². The van der Waals surface area contributed by atoms with E-state index in [4.69, 9.17) is 19.4 Å². The molecule has 11 rings (SSSR count). The zero-order valence-electron chi connectivity index (χ0n) is 26.6. The number of halogens is 1. The van der Waals surface area contributed by atoms with Crippen molar-refractivity contribution in [2.75, 3.05) is 0 Å². The lowest BCUT2D eigenvalue weighted by Gasteiger charge is -2.63. The molecular weight excluding hydrogens is 654 g/mol. The van der Waals surface area contributed by atoms with Gasteiger partial charge >= 0.3 is 0 Å². The van der Waals surface area contributed by atoms with Gasteiger partial charge in [0, 0.05) is 31.9 Å². The van der Waals surface area contributed by atoms with E-state index in [1.807, 2.05) is 48.5 Å². The molecule has 0 radical (unpaired) electrons. The third kappa shape index (κ3) is 4.51. The predicted molar refractivity (Wildman–Crippen MR) is 196 cm³/mol. The quantitative estimate of drug-likeness (QED) is 0.181. The van der Waals surface area contributed by atoms with E-state index in [0.717, 1.165) is 54.9 Å². The fourth-order valence-electron chi connectivity index (χ4n) is 10.0. The van der Waals surface area contributed by atoms with Gasteiger partial charge in [-0.25, -0.2) is 15.0 Å². The molecule has 2 heterocycles. The molecule has 2 atom stereocenters. The van der Waals surface area contributed by atoms with Gasteiger partial charge in [0.25, 0.3) is 0 Å². The summed E-state index contributed by atoms with van der Waals surface area (Å²) in [4.78, 5) is 15.3. The summed E-state index contributed by atoms with van der Waals surface area (Å²) in [7, 11) is 0. The van der Waals surface area contributed by atoms with Gasteiger partial charge in [-0.3, -0.25) is 0 Å². The lowest BCUT2D eigenvalue weighted by Crippen LogP contribution is -2.55. The maximum Gasteiger partial charge on any atom is 0.164 e. The highest BCUT2D eigenvalue weighted by molar-refractivity contribution is 9.10. The van der Waals surface area contributed by atoms with Crippen LogP contribution in [0.4, 0.5) is 0 Å². The van der Waals surface area contributed by atoms with Crippen molar-refractivity contribution in [1.82, 2.24) is 15.0 Å². The van der Waals surface area contributed by atoms with Gasteiger partial charge < -0.3 is 4.42 Å². The van der Waals surface area contributed by atoms with E-state index in [-0.39, 0.29) is 10.8 Å². The average Bonchev–Trinajstić information content (AvgIpc) is 3.51. The molecule has 48 heavy (non-hydrogen) atoms. The van der Waals surface area contributed by atoms with Crippen LogP contribution in [0.25, 0.3) is 56.1 Å². The molecule has 4 saturated carbocycles. The first-order valence-corrected chi connectivity index (χ1v) is 17.9. The number of rotatable bonds is 5. The van der Waals surface area contributed by atoms with E-state index in [9.17, 15) is 0 Å². The Morgan fingerprint density at radius 3 is 1.79 bits per heavy atom. The molecule has 4 aliphatic rings. The largest absolute Gasteiger partial charge is 0.456 e. The van der Waals surface area contributed by atoms with Gasteiger partial charge in [-0.2, -0.15) is 0 Å². The van der Waals surface area contributed by atoms with Crippen molar-refractivity contribution in [2.24, 2.45) is 11.8 Å². The number of hydrogen-bond donors (Lipinski definition) is 0. The molecule has 0 amide bonds. The molecule has 4 nitrogen and oxygen atoms in total. The van der Waals surface area contributed by atoms with E-state index in [1.165, 1.54) is 49.7 Å². The number of benzene rings is 5. The van der Waals surface area contributed by atoms with Crippen molar-refractivity contribution in [1.29, 1.82) is 0 Å². The summed E-state index contributed by atoms with van der Waals surface area (Å²) in [6.45, 7) is 0. The normalized spacial score (nSPS) is 24.4. The van der Waals surface area contributed by atoms with Crippen molar-refractivity contribution in [3.8, 4) is 34.2 Å². The van der Waals surface area contributed by atoms with E-state index < -0.39 is 0 Å². The summed E-state index contributed by atoms with van der Waals surface area (Å²) in [5, 5.41) is 2.09. The van der Waals surface area contributed by atoms with Crippen molar-refractivity contribution in [3.63, 3.8) is 0 Å². The molecule has 5 heteroatoms. The first-order valence-electron chi connectivity index (χ1n) is 17.1. The summed E-state index contributed by atoms with van der Waals surface area (Å²) >= 11 is 3.66. The maximum atomic E-state index is 6.23. The van der Waals surface area contributed by atoms with Gasteiger partial charge in [0.15, 0.2) is 17.5 Å². The van der Waals surface area contributed by atoms with E-state index >= 15 is 0 Å². The third-order valence-corrected chi connectivity index (χ3v) is 12.1. The van der Waals surface area contributed by atoms with Crippen LogP contribution in [0, 0.1) is 11.8 Å². The number of furan rings is 1. The van der Waals surface area contributed by atoms with Crippen LogP contribution < -0.4 is 0 Å². The minimum atomic E-state index is 0.229. The molecule has 4 aliphatic carbocycles. The molecule has 234 valence electrons. The van der Waals surface area contributed by atoms with Gasteiger partial charge in [0.05, 0.1) is 0 Å². The second kappa shape index (κ2) is 10.7. The number of nitrogens with zero attached hydrogens (tertiary/aromatic N) is 3. The van der Waals surface area contributed by atoms with Crippen LogP contribution in [-0.2, 0) is 10.8 Å². The SMILES string of the molecule is Brc1ccc(C23CC4CC(C2)CC(c2ccc(-c5nc(-c6ccccc6)nc(-c6cccc7oc8ccccc8c67)n5)cc2)(C4)C3)cc1. The minimum absolute atomic E-state index is 0.229. The van der Waals surface area contributed by atoms with E-state index in [2.05, 4.69) is 88.7 Å². The summed E-state index contributed by atoms with van der Waals surface area (Å²) in [5.74, 6) is 3.61. The zero-order chi connectivity index (χ0) is 31.9. The second-order valence-electron chi connectivity index (χ2n) is 14.6. The molecule has 0 aliphatic heterocycles. The molecule has 2 unspecified atom stereocenters. The van der Waals surface area contributed by atoms with Gasteiger partial charge in [-0.1, -0.05) is 113 Å². The Morgan fingerprint density at radius 2 is 1.10 bits per heavy atom. The third-order valence-electron chi connectivity index (χ3n) is 11.6. The Kier molecular flexibility index (Phi) is 6.33. The second-order valence-corrected chi connectivity index (χ2v) is 15.5. The minimum Gasteiger partial charge on any atom is -0.456 e. The molecule has 0 saturated heterocycles. The van der Waals surface area contributed by atoms with Crippen LogP contribution in [0.3, 0.4) is 0 Å². The van der Waals surface area contributed by atoms with Crippen molar-refractivity contribution in [2.45, 2.75) is 49.4 Å². The number of aromatic nitrogens is 3. The van der Waals surface area contributed by atoms with Crippen LogP contribution >= 0.6 is 15.9 Å². The fraction of sp³-hybridized carbons (Fsp3) is 0.233. The summed E-state index contributed by atoms with van der Waals surface area (Å²) in [6.07, 6.45) is 7.91. The smallest absolute Gasteiger partial charge is 0.164 e. The predicted octanol–water partition coefficient (Wildman–Crippen LogP) is 11.3. The average molecular weight is 689 g/mol. The Morgan fingerprint density at radius 1 is 0.542 bits per heavy atom. The zero-order valence-corrected chi connectivity index (χ0v) is 28.2. The van der Waals surface area contributed by atoms with Gasteiger partial charge in [-0.15, -0.1) is 0 Å². The lowest BCUT2D eigenvalue weighted by atomic mass is 9.42. The first-order chi connectivity index (χ1) is 23.5. The summed E-state index contributed by atoms with van der Waals surface area (Å²) in [6, 6.07) is 43.0. The monoisotopic (exact) mass is 687 g/mol. The highest BCUT2D eigenvalue weighted by Crippen LogP contribution is 2.66. The molecular formula is C43H34BrN3O.